The number of likely N-dealkylation sites (tertiary alicyclic amines) is 1. The number of imidazole rings is 1. The number of nitrogens with one attached hydrogen (secondary N) is 3. The van der Waals surface area contributed by atoms with Crippen LogP contribution in [0.3, 0.4) is 0 Å². The van der Waals surface area contributed by atoms with Crippen LogP contribution in [0.1, 0.15) is 89.3 Å². The van der Waals surface area contributed by atoms with Gasteiger partial charge in [0.15, 0.2) is 11.6 Å². The fraction of sp³-hybridized carbons (Fsp3) is 0.488. The maximum absolute atomic E-state index is 14.2. The van der Waals surface area contributed by atoms with Gasteiger partial charge in [-0.2, -0.15) is 0 Å². The topological polar surface area (TPSA) is 204 Å². The number of piperidine rings is 2. The van der Waals surface area contributed by atoms with E-state index in [1.165, 1.54) is 15.2 Å². The summed E-state index contributed by atoms with van der Waals surface area (Å²) in [5.41, 5.74) is 6.19. The first kappa shape index (κ1) is 43.1. The molecule has 3 atom stereocenters. The van der Waals surface area contributed by atoms with Gasteiger partial charge in [0.25, 0.3) is 0 Å². The maximum atomic E-state index is 14.2. The van der Waals surface area contributed by atoms with Gasteiger partial charge in [-0.25, -0.2) is 18.4 Å². The number of aromatic nitrogens is 2. The van der Waals surface area contributed by atoms with Crippen molar-refractivity contribution in [3.63, 3.8) is 0 Å². The van der Waals surface area contributed by atoms with Gasteiger partial charge >= 0.3 is 11.8 Å². The van der Waals surface area contributed by atoms with E-state index in [2.05, 4.69) is 27.8 Å². The van der Waals surface area contributed by atoms with E-state index >= 15 is 0 Å². The number of carbonyl (C=O) groups excluding carboxylic acids is 6. The SMILES string of the molecule is Cn1c(=O)n(C2CCC(=O)NC2=O)c2ccc(C#CCCC3CCN(C(=O)C(Cc4ccc(F)c(F)c4)NC(=O)C(CCC(N)=O)NC(=O)OC(C)(C)C)CC3)cc21. The summed E-state index contributed by atoms with van der Waals surface area (Å²) in [6.07, 6.45) is 1.52. The average Bonchev–Trinajstić information content (AvgIpc) is 3.40. The molecule has 3 heterocycles. The van der Waals surface area contributed by atoms with Crippen molar-refractivity contribution in [2.75, 3.05) is 13.1 Å². The number of aryl methyl sites for hydroxylation is 1. The second-order valence-electron chi connectivity index (χ2n) is 15.7. The van der Waals surface area contributed by atoms with E-state index in [0.29, 0.717) is 48.9 Å². The van der Waals surface area contributed by atoms with E-state index < -0.39 is 65.1 Å². The molecule has 5 N–H and O–H groups in total. The quantitative estimate of drug-likeness (QED) is 0.158. The molecule has 15 nitrogen and oxygen atoms in total. The van der Waals surface area contributed by atoms with Crippen molar-refractivity contribution in [3.8, 4) is 11.8 Å². The fourth-order valence-corrected chi connectivity index (χ4v) is 7.15. The standard InChI is InChI=1S/C41H49F2N7O8/c1-41(2,3)58-39(56)46-29(12-15-34(44)51)36(53)45-30(22-26-9-11-27(42)28(43)21-26)38(55)49-19-17-24(18-20-49)7-5-6-8-25-10-13-31-33(23-25)48(4)40(57)50(31)32-14-16-35(52)47-37(32)54/h9-11,13,21,23-24,29-30,32H,5,7,12,14-20,22H2,1-4H3,(H2,44,51)(H,45,53)(H,46,56)(H,47,52,54). The number of hydrogen-bond donors (Lipinski definition) is 4. The van der Waals surface area contributed by atoms with E-state index in [4.69, 9.17) is 10.5 Å². The van der Waals surface area contributed by atoms with Crippen LogP contribution in [0.15, 0.2) is 41.2 Å². The molecule has 5 rings (SSSR count). The molecule has 0 spiro atoms. The van der Waals surface area contributed by atoms with Gasteiger partial charge in [-0.05, 0) is 94.7 Å². The van der Waals surface area contributed by atoms with Gasteiger partial charge in [-0.3, -0.25) is 38.4 Å². The second-order valence-corrected chi connectivity index (χ2v) is 15.7. The van der Waals surface area contributed by atoms with Crippen LogP contribution in [-0.4, -0.2) is 80.4 Å². The number of nitrogens with zero attached hydrogens (tertiary/aromatic N) is 3. The van der Waals surface area contributed by atoms with Crippen LogP contribution in [-0.2, 0) is 42.2 Å². The summed E-state index contributed by atoms with van der Waals surface area (Å²) in [6, 6.07) is 5.24. The molecule has 310 valence electrons. The van der Waals surface area contributed by atoms with Crippen LogP contribution in [0.5, 0.6) is 0 Å². The van der Waals surface area contributed by atoms with Crippen LogP contribution < -0.4 is 27.4 Å². The summed E-state index contributed by atoms with van der Waals surface area (Å²) in [6.45, 7) is 5.66. The number of ether oxygens (including phenoxy) is 1. The molecule has 58 heavy (non-hydrogen) atoms. The molecule has 17 heteroatoms. The third-order valence-electron chi connectivity index (χ3n) is 10.2. The van der Waals surface area contributed by atoms with Crippen molar-refractivity contribution in [1.82, 2.24) is 30.0 Å². The molecule has 0 radical (unpaired) electrons. The third kappa shape index (κ3) is 11.1. The van der Waals surface area contributed by atoms with Crippen molar-refractivity contribution in [2.45, 2.75) is 102 Å². The predicted octanol–water partition coefficient (Wildman–Crippen LogP) is 2.85. The Morgan fingerprint density at radius 3 is 2.34 bits per heavy atom. The van der Waals surface area contributed by atoms with E-state index in [1.54, 1.807) is 50.9 Å². The van der Waals surface area contributed by atoms with Crippen LogP contribution in [0, 0.1) is 29.4 Å². The third-order valence-corrected chi connectivity index (χ3v) is 10.2. The molecule has 2 fully saturated rings. The Morgan fingerprint density at radius 1 is 0.966 bits per heavy atom. The van der Waals surface area contributed by atoms with Crippen molar-refractivity contribution in [3.05, 3.63) is 69.6 Å². The van der Waals surface area contributed by atoms with E-state index in [9.17, 15) is 42.3 Å². The second kappa shape index (κ2) is 18.5. The van der Waals surface area contributed by atoms with Crippen LogP contribution in [0.25, 0.3) is 11.0 Å². The Hall–Kier alpha value is -6.05. The molecule has 2 saturated heterocycles. The number of benzene rings is 2. The lowest BCUT2D eigenvalue weighted by atomic mass is 9.91. The van der Waals surface area contributed by atoms with E-state index in [-0.39, 0.29) is 55.2 Å². The molecule has 2 aliphatic heterocycles. The van der Waals surface area contributed by atoms with Gasteiger partial charge in [0, 0.05) is 51.4 Å². The monoisotopic (exact) mass is 805 g/mol. The van der Waals surface area contributed by atoms with Gasteiger partial charge in [0.05, 0.1) is 11.0 Å². The number of rotatable bonds is 12. The lowest BCUT2D eigenvalue weighted by molar-refractivity contribution is -0.138. The summed E-state index contributed by atoms with van der Waals surface area (Å²) in [5.74, 6) is 1.62. The molecule has 0 bridgehead atoms. The number of fused-ring (bicyclic) bond motifs is 1. The van der Waals surface area contributed by atoms with Crippen molar-refractivity contribution in [1.29, 1.82) is 0 Å². The molecule has 3 aromatic rings. The number of alkyl carbamates (subject to hydrolysis) is 1. The number of hydrogen-bond acceptors (Lipinski definition) is 8. The molecule has 0 aliphatic carbocycles. The van der Waals surface area contributed by atoms with Crippen LogP contribution >= 0.6 is 0 Å². The van der Waals surface area contributed by atoms with Gasteiger partial charge < -0.3 is 26.0 Å². The minimum Gasteiger partial charge on any atom is -0.444 e. The molecule has 1 aromatic heterocycles. The summed E-state index contributed by atoms with van der Waals surface area (Å²) in [5, 5.41) is 7.40. The zero-order chi connectivity index (χ0) is 42.3. The Bertz CT molecular complexity index is 2210. The minimum absolute atomic E-state index is 0.147. The minimum atomic E-state index is -1.29. The van der Waals surface area contributed by atoms with Crippen LogP contribution in [0.4, 0.5) is 13.6 Å². The highest BCUT2D eigenvalue weighted by atomic mass is 19.2. The van der Waals surface area contributed by atoms with Crippen molar-refractivity contribution < 1.29 is 42.3 Å². The highest BCUT2D eigenvalue weighted by Crippen LogP contribution is 2.25. The molecule has 2 aliphatic rings. The highest BCUT2D eigenvalue weighted by molar-refractivity contribution is 6.00. The molecule has 2 aromatic carbocycles. The zero-order valence-electron chi connectivity index (χ0n) is 33.0. The molecule has 3 unspecified atom stereocenters. The van der Waals surface area contributed by atoms with Gasteiger partial charge in [-0.15, -0.1) is 0 Å². The lowest BCUT2D eigenvalue weighted by Crippen LogP contribution is -2.56. The maximum Gasteiger partial charge on any atom is 0.408 e. The number of imide groups is 1. The highest BCUT2D eigenvalue weighted by Gasteiger charge is 2.34. The van der Waals surface area contributed by atoms with Gasteiger partial charge in [0.2, 0.25) is 29.5 Å². The Morgan fingerprint density at radius 2 is 1.69 bits per heavy atom. The Kier molecular flexibility index (Phi) is 13.7. The van der Waals surface area contributed by atoms with Gasteiger partial charge in [0.1, 0.15) is 23.7 Å². The lowest BCUT2D eigenvalue weighted by Gasteiger charge is -2.35. The van der Waals surface area contributed by atoms with Crippen molar-refractivity contribution in [2.24, 2.45) is 18.7 Å². The number of nitrogens with two attached hydrogens (primary N) is 1. The number of primary amides is 1. The normalized spacial score (nSPS) is 17.1. The van der Waals surface area contributed by atoms with Crippen LogP contribution in [0.2, 0.25) is 0 Å². The predicted molar refractivity (Wildman–Crippen MR) is 208 cm³/mol. The first-order chi connectivity index (χ1) is 27.4. The fourth-order valence-electron chi connectivity index (χ4n) is 7.15. The molecular formula is C41H49F2N7O8. The Balaban J connectivity index is 1.21. The van der Waals surface area contributed by atoms with Gasteiger partial charge in [-0.1, -0.05) is 17.9 Å². The summed E-state index contributed by atoms with van der Waals surface area (Å²) in [4.78, 5) is 90.5. The smallest absolute Gasteiger partial charge is 0.408 e. The molecular weight excluding hydrogens is 756 g/mol. The van der Waals surface area contributed by atoms with Crippen molar-refractivity contribution >= 4 is 46.7 Å². The van der Waals surface area contributed by atoms with E-state index in [1.807, 2.05) is 0 Å². The molecule has 6 amide bonds. The summed E-state index contributed by atoms with van der Waals surface area (Å²) in [7, 11) is 1.62. The summed E-state index contributed by atoms with van der Waals surface area (Å²) < 4.78 is 36.1. The summed E-state index contributed by atoms with van der Waals surface area (Å²) >= 11 is 0. The number of carbonyl (C=O) groups is 6. The first-order valence-electron chi connectivity index (χ1n) is 19.2. The number of halogens is 2. The number of amides is 6. The molecule has 0 saturated carbocycles. The average molecular weight is 806 g/mol. The first-order valence-corrected chi connectivity index (χ1v) is 19.2. The zero-order valence-corrected chi connectivity index (χ0v) is 33.0. The van der Waals surface area contributed by atoms with E-state index in [0.717, 1.165) is 18.6 Å². The largest absolute Gasteiger partial charge is 0.444 e. The Labute approximate surface area is 334 Å².